The molecule has 2 fully saturated rings. The molecule has 4 heteroatoms. The van der Waals surface area contributed by atoms with Gasteiger partial charge in [-0.1, -0.05) is 5.16 Å². The third-order valence-corrected chi connectivity index (χ3v) is 2.37. The molecule has 2 unspecified atom stereocenters. The van der Waals surface area contributed by atoms with Gasteiger partial charge in [0.05, 0.1) is 18.9 Å². The van der Waals surface area contributed by atoms with Crippen LogP contribution in [-0.4, -0.2) is 37.2 Å². The second-order valence-electron chi connectivity index (χ2n) is 3.11. The molecule has 0 aliphatic carbocycles. The fraction of sp³-hybridized carbons (Fsp3) is 0.857. The molecule has 2 aliphatic rings. The Hall–Kier alpha value is -0.610. The molecule has 0 spiro atoms. The molecule has 0 aromatic heterocycles. The highest BCUT2D eigenvalue weighted by molar-refractivity contribution is 5.90. The highest BCUT2D eigenvalue weighted by Crippen LogP contribution is 2.19. The maximum absolute atomic E-state index is 8.70. The van der Waals surface area contributed by atoms with E-state index in [0.29, 0.717) is 25.0 Å². The van der Waals surface area contributed by atoms with Crippen LogP contribution in [0, 0.1) is 11.8 Å². The van der Waals surface area contributed by atoms with Crippen molar-refractivity contribution in [3.63, 3.8) is 0 Å². The summed E-state index contributed by atoms with van der Waals surface area (Å²) in [7, 11) is 0. The quantitative estimate of drug-likeness (QED) is 0.373. The first-order chi connectivity index (χ1) is 5.42. The molecule has 2 heterocycles. The van der Waals surface area contributed by atoms with Gasteiger partial charge in [0.15, 0.2) is 0 Å². The summed E-state index contributed by atoms with van der Waals surface area (Å²) in [5.74, 6) is 0.597. The lowest BCUT2D eigenvalue weighted by Crippen LogP contribution is -2.51. The molecule has 0 aromatic carbocycles. The zero-order valence-corrected chi connectivity index (χ0v) is 6.29. The van der Waals surface area contributed by atoms with Crippen LogP contribution in [0.25, 0.3) is 0 Å². The first-order valence-corrected chi connectivity index (χ1v) is 3.92. The number of nitrogens with one attached hydrogen (secondary N) is 1. The van der Waals surface area contributed by atoms with Crippen molar-refractivity contribution in [2.75, 3.05) is 26.3 Å². The van der Waals surface area contributed by atoms with Gasteiger partial charge in [-0.05, 0) is 0 Å². The van der Waals surface area contributed by atoms with E-state index in [2.05, 4.69) is 10.5 Å². The van der Waals surface area contributed by atoms with Gasteiger partial charge in [0.1, 0.15) is 0 Å². The number of hydrogen-bond donors (Lipinski definition) is 2. The summed E-state index contributed by atoms with van der Waals surface area (Å²) in [5, 5.41) is 15.3. The lowest BCUT2D eigenvalue weighted by atomic mass is 9.87. The fourth-order valence-electron chi connectivity index (χ4n) is 1.78. The second-order valence-corrected chi connectivity index (χ2v) is 3.11. The molecule has 2 rings (SSSR count). The van der Waals surface area contributed by atoms with E-state index in [1.165, 1.54) is 0 Å². The third-order valence-electron chi connectivity index (χ3n) is 2.37. The van der Waals surface area contributed by atoms with Crippen molar-refractivity contribution in [2.24, 2.45) is 17.0 Å². The lowest BCUT2D eigenvalue weighted by Gasteiger charge is -2.35. The number of oxime groups is 1. The van der Waals surface area contributed by atoms with Crippen LogP contribution < -0.4 is 5.32 Å². The van der Waals surface area contributed by atoms with E-state index in [-0.39, 0.29) is 0 Å². The molecule has 11 heavy (non-hydrogen) atoms. The average Bonchev–Trinajstić information content (AvgIpc) is 2.03. The predicted octanol–water partition coefficient (Wildman–Crippen LogP) is -0.318. The van der Waals surface area contributed by atoms with E-state index in [1.807, 2.05) is 0 Å². The monoisotopic (exact) mass is 156 g/mol. The Bertz CT molecular complexity index is 157. The Morgan fingerprint density at radius 2 is 2.00 bits per heavy atom. The van der Waals surface area contributed by atoms with E-state index in [4.69, 9.17) is 9.94 Å². The Kier molecular flexibility index (Phi) is 1.79. The largest absolute Gasteiger partial charge is 0.411 e. The Labute approximate surface area is 65.2 Å². The van der Waals surface area contributed by atoms with E-state index in [0.717, 1.165) is 18.8 Å². The van der Waals surface area contributed by atoms with Crippen molar-refractivity contribution >= 4 is 5.71 Å². The Morgan fingerprint density at radius 3 is 2.45 bits per heavy atom. The van der Waals surface area contributed by atoms with E-state index < -0.39 is 0 Å². The number of rotatable bonds is 0. The van der Waals surface area contributed by atoms with Gasteiger partial charge < -0.3 is 15.3 Å². The summed E-state index contributed by atoms with van der Waals surface area (Å²) >= 11 is 0. The first-order valence-electron chi connectivity index (χ1n) is 3.92. The van der Waals surface area contributed by atoms with Crippen molar-refractivity contribution < 1.29 is 9.94 Å². The highest BCUT2D eigenvalue weighted by atomic mass is 16.5. The zero-order valence-electron chi connectivity index (χ0n) is 6.29. The summed E-state index contributed by atoms with van der Waals surface area (Å²) in [6.45, 7) is 3.16. The molecule has 62 valence electrons. The number of nitrogens with zero attached hydrogens (tertiary/aromatic N) is 1. The molecule has 2 aliphatic heterocycles. The minimum absolute atomic E-state index is 0.299. The van der Waals surface area contributed by atoms with Crippen LogP contribution in [0.5, 0.6) is 0 Å². The SMILES string of the molecule is ON=C1C2CNCC1COC2. The molecule has 0 radical (unpaired) electrons. The predicted molar refractivity (Wildman–Crippen MR) is 39.9 cm³/mol. The molecule has 0 aromatic rings. The van der Waals surface area contributed by atoms with Crippen LogP contribution in [0.3, 0.4) is 0 Å². The Balaban J connectivity index is 2.17. The number of hydrogen-bond acceptors (Lipinski definition) is 4. The minimum atomic E-state index is 0.299. The molecule has 2 saturated heterocycles. The van der Waals surface area contributed by atoms with Gasteiger partial charge in [0.25, 0.3) is 0 Å². The zero-order chi connectivity index (χ0) is 7.68. The molecular formula is C7H12N2O2. The summed E-state index contributed by atoms with van der Waals surface area (Å²) in [5.41, 5.74) is 0.926. The molecule has 2 atom stereocenters. The normalized spacial score (nSPS) is 36.9. The molecular weight excluding hydrogens is 144 g/mol. The summed E-state index contributed by atoms with van der Waals surface area (Å²) < 4.78 is 5.34. The average molecular weight is 156 g/mol. The molecule has 2 bridgehead atoms. The fourth-order valence-corrected chi connectivity index (χ4v) is 1.78. The summed E-state index contributed by atoms with van der Waals surface area (Å²) in [6, 6.07) is 0. The van der Waals surface area contributed by atoms with Gasteiger partial charge in [0, 0.05) is 24.9 Å². The smallest absolute Gasteiger partial charge is 0.0703 e. The maximum Gasteiger partial charge on any atom is 0.0703 e. The van der Waals surface area contributed by atoms with Crippen molar-refractivity contribution in [3.8, 4) is 0 Å². The van der Waals surface area contributed by atoms with E-state index >= 15 is 0 Å². The molecule has 2 N–H and O–H groups in total. The molecule has 0 saturated carbocycles. The minimum Gasteiger partial charge on any atom is -0.411 e. The summed E-state index contributed by atoms with van der Waals surface area (Å²) in [4.78, 5) is 0. The van der Waals surface area contributed by atoms with Crippen molar-refractivity contribution in [2.45, 2.75) is 0 Å². The van der Waals surface area contributed by atoms with E-state index in [1.54, 1.807) is 0 Å². The van der Waals surface area contributed by atoms with Crippen LogP contribution in [-0.2, 0) is 4.74 Å². The van der Waals surface area contributed by atoms with Crippen LogP contribution in [0.4, 0.5) is 0 Å². The second kappa shape index (κ2) is 2.79. The van der Waals surface area contributed by atoms with Crippen LogP contribution >= 0.6 is 0 Å². The standard InChI is InChI=1S/C7H12N2O2/c10-9-7-5-1-8-2-6(7)4-11-3-5/h5-6,8,10H,1-4H2. The van der Waals surface area contributed by atoms with Gasteiger partial charge in [-0.2, -0.15) is 0 Å². The third kappa shape index (κ3) is 1.12. The first kappa shape index (κ1) is 7.06. The van der Waals surface area contributed by atoms with Gasteiger partial charge in [-0.15, -0.1) is 0 Å². The lowest BCUT2D eigenvalue weighted by molar-refractivity contribution is 0.0616. The van der Waals surface area contributed by atoms with Crippen molar-refractivity contribution in [3.05, 3.63) is 0 Å². The summed E-state index contributed by atoms with van der Waals surface area (Å²) in [6.07, 6.45) is 0. The highest BCUT2D eigenvalue weighted by Gasteiger charge is 2.33. The molecule has 4 nitrogen and oxygen atoms in total. The van der Waals surface area contributed by atoms with Gasteiger partial charge >= 0.3 is 0 Å². The molecule has 0 amide bonds. The van der Waals surface area contributed by atoms with Crippen molar-refractivity contribution in [1.29, 1.82) is 0 Å². The van der Waals surface area contributed by atoms with Crippen LogP contribution in [0.1, 0.15) is 0 Å². The number of ether oxygens (including phenoxy) is 1. The Morgan fingerprint density at radius 1 is 1.36 bits per heavy atom. The van der Waals surface area contributed by atoms with Gasteiger partial charge in [0.2, 0.25) is 0 Å². The van der Waals surface area contributed by atoms with E-state index in [9.17, 15) is 0 Å². The van der Waals surface area contributed by atoms with Crippen LogP contribution in [0.2, 0.25) is 0 Å². The van der Waals surface area contributed by atoms with Gasteiger partial charge in [-0.25, -0.2) is 0 Å². The number of fused-ring (bicyclic) bond motifs is 2. The topological polar surface area (TPSA) is 53.9 Å². The van der Waals surface area contributed by atoms with Crippen LogP contribution in [0.15, 0.2) is 5.16 Å². The number of piperidine rings is 1. The van der Waals surface area contributed by atoms with Crippen molar-refractivity contribution in [1.82, 2.24) is 5.32 Å². The maximum atomic E-state index is 8.70. The van der Waals surface area contributed by atoms with Gasteiger partial charge in [-0.3, -0.25) is 0 Å².